The molecule has 2 aromatic rings. The lowest BCUT2D eigenvalue weighted by molar-refractivity contribution is 0.107. The Morgan fingerprint density at radius 3 is 1.82 bits per heavy atom. The third-order valence-corrected chi connectivity index (χ3v) is 4.25. The number of benzene rings is 2. The van der Waals surface area contributed by atoms with E-state index in [9.17, 15) is 5.11 Å². The van der Waals surface area contributed by atoms with Crippen LogP contribution in [0.15, 0.2) is 84.5 Å². The Bertz CT molecular complexity index is 647. The predicted molar refractivity (Wildman–Crippen MR) is 90.6 cm³/mol. The van der Waals surface area contributed by atoms with Crippen molar-refractivity contribution in [3.63, 3.8) is 0 Å². The summed E-state index contributed by atoms with van der Waals surface area (Å²) < 4.78 is 0. The van der Waals surface area contributed by atoms with Crippen molar-refractivity contribution in [2.45, 2.75) is 11.6 Å². The van der Waals surface area contributed by atoms with E-state index >= 15 is 0 Å². The number of allylic oxidation sites excluding steroid dienone is 2. The van der Waals surface area contributed by atoms with E-state index in [4.69, 9.17) is 0 Å². The average molecular weight is 291 g/mol. The summed E-state index contributed by atoms with van der Waals surface area (Å²) in [5, 5.41) is 11.7. The number of hydrogen-bond acceptors (Lipinski definition) is 2. The van der Waals surface area contributed by atoms with Gasteiger partial charge in [-0.05, 0) is 30.8 Å². The Balaban J connectivity index is 2.17. The van der Waals surface area contributed by atoms with Crippen LogP contribution in [0.2, 0.25) is 0 Å². The predicted octanol–water partition coefficient (Wildman–Crippen LogP) is 3.35. The lowest BCUT2D eigenvalue weighted by atomic mass is 9.78. The average Bonchev–Trinajstić information content (AvgIpc) is 3.06. The molecular weight excluding hydrogens is 270 g/mol. The summed E-state index contributed by atoms with van der Waals surface area (Å²) in [6.07, 6.45) is 6.17. The van der Waals surface area contributed by atoms with Crippen LogP contribution in [0.25, 0.3) is 0 Å². The molecule has 0 heterocycles. The van der Waals surface area contributed by atoms with Gasteiger partial charge in [0.15, 0.2) is 0 Å². The van der Waals surface area contributed by atoms with E-state index in [1.165, 1.54) is 0 Å². The molecule has 0 radical (unpaired) electrons. The van der Waals surface area contributed by atoms with E-state index in [1.54, 1.807) is 0 Å². The SMILES string of the molecule is CN(C)C1C=CC=C1C(O)(c1ccccc1)c1ccccc1. The van der Waals surface area contributed by atoms with Gasteiger partial charge in [-0.15, -0.1) is 0 Å². The number of hydrogen-bond donors (Lipinski definition) is 1. The van der Waals surface area contributed by atoms with E-state index in [-0.39, 0.29) is 6.04 Å². The molecule has 1 aliphatic rings. The number of rotatable bonds is 4. The summed E-state index contributed by atoms with van der Waals surface area (Å²) in [5.74, 6) is 0. The van der Waals surface area contributed by atoms with Crippen molar-refractivity contribution >= 4 is 0 Å². The van der Waals surface area contributed by atoms with Gasteiger partial charge in [-0.2, -0.15) is 0 Å². The molecule has 2 aromatic carbocycles. The smallest absolute Gasteiger partial charge is 0.138 e. The molecule has 0 bridgehead atoms. The number of likely N-dealkylation sites (N-methyl/N-ethyl adjacent to an activating group) is 1. The monoisotopic (exact) mass is 291 g/mol. The highest BCUT2D eigenvalue weighted by Gasteiger charge is 2.40. The highest BCUT2D eigenvalue weighted by atomic mass is 16.3. The summed E-state index contributed by atoms with van der Waals surface area (Å²) in [6, 6.07) is 19.8. The van der Waals surface area contributed by atoms with Gasteiger partial charge in [-0.25, -0.2) is 0 Å². The van der Waals surface area contributed by atoms with E-state index < -0.39 is 5.60 Å². The molecule has 2 heteroatoms. The van der Waals surface area contributed by atoms with Gasteiger partial charge in [0.05, 0.1) is 6.04 Å². The fraction of sp³-hybridized carbons (Fsp3) is 0.200. The van der Waals surface area contributed by atoms with E-state index in [1.807, 2.05) is 86.9 Å². The maximum Gasteiger partial charge on any atom is 0.138 e. The van der Waals surface area contributed by atoms with Crippen LogP contribution in [0.3, 0.4) is 0 Å². The second kappa shape index (κ2) is 5.91. The first-order valence-electron chi connectivity index (χ1n) is 7.52. The maximum absolute atomic E-state index is 11.7. The molecule has 0 aromatic heterocycles. The standard InChI is InChI=1S/C20H21NO/c1-21(2)19-15-9-14-18(19)20(22,16-10-5-3-6-11-16)17-12-7-4-8-13-17/h3-15,19,22H,1-2H3. The van der Waals surface area contributed by atoms with Gasteiger partial charge < -0.3 is 5.11 Å². The molecule has 0 spiro atoms. The third kappa shape index (κ3) is 2.41. The Morgan fingerprint density at radius 1 is 0.864 bits per heavy atom. The topological polar surface area (TPSA) is 23.5 Å². The van der Waals surface area contributed by atoms with Crippen molar-refractivity contribution in [3.8, 4) is 0 Å². The Kier molecular flexibility index (Phi) is 3.97. The first-order valence-corrected chi connectivity index (χ1v) is 7.52. The molecule has 1 N–H and O–H groups in total. The van der Waals surface area contributed by atoms with Crippen LogP contribution >= 0.6 is 0 Å². The van der Waals surface area contributed by atoms with Gasteiger partial charge in [0.1, 0.15) is 5.60 Å². The quantitative estimate of drug-likeness (QED) is 0.934. The van der Waals surface area contributed by atoms with Crippen LogP contribution in [0, 0.1) is 0 Å². The van der Waals surface area contributed by atoms with Crippen molar-refractivity contribution in [2.75, 3.05) is 14.1 Å². The lowest BCUT2D eigenvalue weighted by Gasteiger charge is -2.36. The van der Waals surface area contributed by atoms with Crippen molar-refractivity contribution < 1.29 is 5.11 Å². The molecule has 0 amide bonds. The molecule has 112 valence electrons. The fourth-order valence-corrected chi connectivity index (χ4v) is 3.11. The minimum Gasteiger partial charge on any atom is -0.376 e. The summed E-state index contributed by atoms with van der Waals surface area (Å²) in [4.78, 5) is 2.12. The van der Waals surface area contributed by atoms with Crippen LogP contribution in [0.1, 0.15) is 11.1 Å². The Morgan fingerprint density at radius 2 is 1.36 bits per heavy atom. The van der Waals surface area contributed by atoms with Crippen LogP contribution in [0.4, 0.5) is 0 Å². The minimum atomic E-state index is -1.12. The molecule has 2 nitrogen and oxygen atoms in total. The zero-order valence-corrected chi connectivity index (χ0v) is 13.0. The number of aliphatic hydroxyl groups is 1. The zero-order valence-electron chi connectivity index (χ0n) is 13.0. The van der Waals surface area contributed by atoms with Gasteiger partial charge in [0.25, 0.3) is 0 Å². The molecule has 3 rings (SSSR count). The van der Waals surface area contributed by atoms with Gasteiger partial charge in [0.2, 0.25) is 0 Å². The Hall–Kier alpha value is -2.16. The van der Waals surface area contributed by atoms with Gasteiger partial charge in [0, 0.05) is 0 Å². The molecule has 0 aliphatic heterocycles. The van der Waals surface area contributed by atoms with Crippen LogP contribution in [-0.4, -0.2) is 30.1 Å². The Labute approximate surface area is 132 Å². The van der Waals surface area contributed by atoms with Crippen LogP contribution in [0.5, 0.6) is 0 Å². The first-order chi connectivity index (χ1) is 10.6. The highest BCUT2D eigenvalue weighted by Crippen LogP contribution is 2.41. The number of nitrogens with zero attached hydrogens (tertiary/aromatic N) is 1. The van der Waals surface area contributed by atoms with Crippen LogP contribution < -0.4 is 0 Å². The molecular formula is C20H21NO. The van der Waals surface area contributed by atoms with Crippen molar-refractivity contribution in [3.05, 3.63) is 95.6 Å². The summed E-state index contributed by atoms with van der Waals surface area (Å²) in [5.41, 5.74) is 1.64. The minimum absolute atomic E-state index is 0.0883. The molecule has 1 aliphatic carbocycles. The third-order valence-electron chi connectivity index (χ3n) is 4.25. The molecule has 0 fully saturated rings. The normalized spacial score (nSPS) is 17.8. The second-order valence-corrected chi connectivity index (χ2v) is 5.86. The van der Waals surface area contributed by atoms with Gasteiger partial charge in [-0.1, -0.05) is 78.9 Å². The van der Waals surface area contributed by atoms with Crippen LogP contribution in [-0.2, 0) is 5.60 Å². The first kappa shape index (κ1) is 14.8. The summed E-state index contributed by atoms with van der Waals surface area (Å²) in [6.45, 7) is 0. The summed E-state index contributed by atoms with van der Waals surface area (Å²) >= 11 is 0. The van der Waals surface area contributed by atoms with E-state index in [0.717, 1.165) is 16.7 Å². The molecule has 0 saturated carbocycles. The van der Waals surface area contributed by atoms with Crippen molar-refractivity contribution in [1.82, 2.24) is 4.90 Å². The molecule has 22 heavy (non-hydrogen) atoms. The lowest BCUT2D eigenvalue weighted by Crippen LogP contribution is -2.39. The van der Waals surface area contributed by atoms with E-state index in [2.05, 4.69) is 11.0 Å². The zero-order chi connectivity index (χ0) is 15.6. The molecule has 0 saturated heterocycles. The van der Waals surface area contributed by atoms with Gasteiger partial charge in [-0.3, -0.25) is 4.90 Å². The van der Waals surface area contributed by atoms with Crippen molar-refractivity contribution in [1.29, 1.82) is 0 Å². The van der Waals surface area contributed by atoms with E-state index in [0.29, 0.717) is 0 Å². The highest BCUT2D eigenvalue weighted by molar-refractivity contribution is 5.51. The van der Waals surface area contributed by atoms with Crippen molar-refractivity contribution in [2.24, 2.45) is 0 Å². The summed E-state index contributed by atoms with van der Waals surface area (Å²) in [7, 11) is 4.06. The largest absolute Gasteiger partial charge is 0.376 e. The second-order valence-electron chi connectivity index (χ2n) is 5.86. The maximum atomic E-state index is 11.7. The van der Waals surface area contributed by atoms with Gasteiger partial charge >= 0.3 is 0 Å². The molecule has 1 unspecified atom stereocenters. The molecule has 1 atom stereocenters. The fourth-order valence-electron chi connectivity index (χ4n) is 3.11.